The predicted molar refractivity (Wildman–Crippen MR) is 55.2 cm³/mol. The van der Waals surface area contributed by atoms with Gasteiger partial charge in [0.25, 0.3) is 0 Å². The minimum atomic E-state index is -1.16. The maximum atomic E-state index is 5.61. The first kappa shape index (κ1) is 12.8. The van der Waals surface area contributed by atoms with Gasteiger partial charge in [0.15, 0.2) is 3.79 Å². The summed E-state index contributed by atoms with van der Waals surface area (Å²) in [6.45, 7) is 6.63. The first-order chi connectivity index (χ1) is 5.27. The Labute approximate surface area is 89.3 Å². The monoisotopic (exact) mass is 232 g/mol. The molecule has 0 bridgehead atoms. The van der Waals surface area contributed by atoms with Crippen LogP contribution in [0.3, 0.4) is 0 Å². The number of rotatable bonds is 4. The molecular formula is C8H15Cl3O. The van der Waals surface area contributed by atoms with Crippen LogP contribution in [0, 0.1) is 0 Å². The first-order valence-electron chi connectivity index (χ1n) is 3.97. The fourth-order valence-corrected chi connectivity index (χ4v) is 1.19. The van der Waals surface area contributed by atoms with E-state index in [1.165, 1.54) is 0 Å². The molecule has 0 saturated carbocycles. The zero-order chi connectivity index (χ0) is 9.83. The van der Waals surface area contributed by atoms with Gasteiger partial charge in [0.05, 0.1) is 5.60 Å². The Bertz CT molecular complexity index is 129. The van der Waals surface area contributed by atoms with Gasteiger partial charge in [-0.2, -0.15) is 0 Å². The van der Waals surface area contributed by atoms with Gasteiger partial charge in [-0.25, -0.2) is 0 Å². The molecule has 4 heteroatoms. The molecule has 0 aromatic carbocycles. The van der Waals surface area contributed by atoms with E-state index in [9.17, 15) is 0 Å². The lowest BCUT2D eigenvalue weighted by Gasteiger charge is -2.26. The average molecular weight is 234 g/mol. The summed E-state index contributed by atoms with van der Waals surface area (Å²) in [5.74, 6) is 0. The van der Waals surface area contributed by atoms with E-state index in [-0.39, 0.29) is 5.60 Å². The summed E-state index contributed by atoms with van der Waals surface area (Å²) in [7, 11) is 0. The van der Waals surface area contributed by atoms with Gasteiger partial charge in [-0.1, -0.05) is 34.8 Å². The van der Waals surface area contributed by atoms with E-state index >= 15 is 0 Å². The molecule has 0 N–H and O–H groups in total. The lowest BCUT2D eigenvalue weighted by Crippen LogP contribution is -2.26. The fraction of sp³-hybridized carbons (Fsp3) is 1.00. The SMILES string of the molecule is CCOC(C)(C)CCC(Cl)(Cl)Cl. The zero-order valence-electron chi connectivity index (χ0n) is 7.66. The van der Waals surface area contributed by atoms with E-state index in [4.69, 9.17) is 39.5 Å². The minimum Gasteiger partial charge on any atom is -0.376 e. The summed E-state index contributed by atoms with van der Waals surface area (Å²) < 4.78 is 4.29. The third kappa shape index (κ3) is 7.48. The number of hydrogen-bond donors (Lipinski definition) is 0. The highest BCUT2D eigenvalue weighted by molar-refractivity contribution is 6.67. The van der Waals surface area contributed by atoms with E-state index in [0.717, 1.165) is 6.42 Å². The second kappa shape index (κ2) is 4.90. The molecule has 12 heavy (non-hydrogen) atoms. The smallest absolute Gasteiger partial charge is 0.190 e. The Morgan fingerprint density at radius 2 is 1.58 bits per heavy atom. The van der Waals surface area contributed by atoms with Crippen molar-refractivity contribution < 1.29 is 4.74 Å². The molecule has 0 fully saturated rings. The van der Waals surface area contributed by atoms with Crippen LogP contribution in [0.2, 0.25) is 0 Å². The molecule has 0 rings (SSSR count). The third-order valence-electron chi connectivity index (χ3n) is 1.55. The lowest BCUT2D eigenvalue weighted by molar-refractivity contribution is -0.0171. The maximum absolute atomic E-state index is 5.61. The number of ether oxygens (including phenoxy) is 1. The van der Waals surface area contributed by atoms with Crippen LogP contribution < -0.4 is 0 Å². The summed E-state index contributed by atoms with van der Waals surface area (Å²) in [5.41, 5.74) is -0.196. The van der Waals surface area contributed by atoms with Crippen LogP contribution in [0.5, 0.6) is 0 Å². The highest BCUT2D eigenvalue weighted by atomic mass is 35.6. The van der Waals surface area contributed by atoms with Crippen molar-refractivity contribution in [3.8, 4) is 0 Å². The van der Waals surface area contributed by atoms with E-state index in [0.29, 0.717) is 13.0 Å². The van der Waals surface area contributed by atoms with E-state index in [1.807, 2.05) is 20.8 Å². The van der Waals surface area contributed by atoms with Crippen molar-refractivity contribution >= 4 is 34.8 Å². The Kier molecular flexibility index (Phi) is 5.24. The summed E-state index contributed by atoms with van der Waals surface area (Å²) in [5, 5.41) is 0. The molecular weight excluding hydrogens is 218 g/mol. The molecule has 0 aromatic rings. The molecule has 0 atom stereocenters. The van der Waals surface area contributed by atoms with Gasteiger partial charge < -0.3 is 4.74 Å². The van der Waals surface area contributed by atoms with Crippen molar-refractivity contribution in [2.45, 2.75) is 43.0 Å². The summed E-state index contributed by atoms with van der Waals surface area (Å²) >= 11 is 16.8. The van der Waals surface area contributed by atoms with E-state index in [1.54, 1.807) is 0 Å². The Morgan fingerprint density at radius 3 is 1.92 bits per heavy atom. The second-order valence-electron chi connectivity index (χ2n) is 3.31. The standard InChI is InChI=1S/C8H15Cl3O/c1-4-12-7(2,3)5-6-8(9,10)11/h4-6H2,1-3H3. The van der Waals surface area contributed by atoms with Gasteiger partial charge in [0, 0.05) is 6.61 Å². The number of hydrogen-bond acceptors (Lipinski definition) is 1. The Balaban J connectivity index is 3.75. The van der Waals surface area contributed by atoms with Crippen molar-refractivity contribution in [1.29, 1.82) is 0 Å². The van der Waals surface area contributed by atoms with E-state index < -0.39 is 3.79 Å². The largest absolute Gasteiger partial charge is 0.376 e. The van der Waals surface area contributed by atoms with Crippen LogP contribution in [0.4, 0.5) is 0 Å². The first-order valence-corrected chi connectivity index (χ1v) is 5.11. The molecule has 0 heterocycles. The molecule has 0 amide bonds. The topological polar surface area (TPSA) is 9.23 Å². The highest BCUT2D eigenvalue weighted by Crippen LogP contribution is 2.34. The van der Waals surface area contributed by atoms with Gasteiger partial charge in [-0.05, 0) is 33.6 Å². The molecule has 0 aromatic heterocycles. The maximum Gasteiger partial charge on any atom is 0.190 e. The zero-order valence-corrected chi connectivity index (χ0v) is 9.93. The van der Waals surface area contributed by atoms with Gasteiger partial charge in [0.2, 0.25) is 0 Å². The third-order valence-corrected chi connectivity index (χ3v) is 2.11. The summed E-state index contributed by atoms with van der Waals surface area (Å²) in [6.07, 6.45) is 1.27. The molecule has 0 spiro atoms. The van der Waals surface area contributed by atoms with Crippen LogP contribution >= 0.6 is 34.8 Å². The summed E-state index contributed by atoms with van der Waals surface area (Å²) in [6, 6.07) is 0. The van der Waals surface area contributed by atoms with Crippen molar-refractivity contribution in [1.82, 2.24) is 0 Å². The summed E-state index contributed by atoms with van der Waals surface area (Å²) in [4.78, 5) is 0. The lowest BCUT2D eigenvalue weighted by atomic mass is 10.0. The molecule has 1 nitrogen and oxygen atoms in total. The number of halogens is 3. The molecule has 0 unspecified atom stereocenters. The quantitative estimate of drug-likeness (QED) is 0.668. The van der Waals surface area contributed by atoms with Crippen molar-refractivity contribution in [3.63, 3.8) is 0 Å². The van der Waals surface area contributed by atoms with Crippen LogP contribution in [-0.2, 0) is 4.74 Å². The Morgan fingerprint density at radius 1 is 1.08 bits per heavy atom. The Hall–Kier alpha value is 0.830. The second-order valence-corrected chi connectivity index (χ2v) is 5.82. The molecule has 0 saturated heterocycles. The highest BCUT2D eigenvalue weighted by Gasteiger charge is 2.25. The van der Waals surface area contributed by atoms with Crippen molar-refractivity contribution in [2.75, 3.05) is 6.61 Å². The van der Waals surface area contributed by atoms with Crippen molar-refractivity contribution in [3.05, 3.63) is 0 Å². The van der Waals surface area contributed by atoms with Gasteiger partial charge in [-0.15, -0.1) is 0 Å². The van der Waals surface area contributed by atoms with E-state index in [2.05, 4.69) is 0 Å². The molecule has 74 valence electrons. The van der Waals surface area contributed by atoms with Crippen LogP contribution in [0.15, 0.2) is 0 Å². The normalized spacial score (nSPS) is 13.5. The molecule has 0 radical (unpaired) electrons. The van der Waals surface area contributed by atoms with Crippen LogP contribution in [-0.4, -0.2) is 16.0 Å². The average Bonchev–Trinajstić information content (AvgIpc) is 1.83. The van der Waals surface area contributed by atoms with Gasteiger partial charge in [-0.3, -0.25) is 0 Å². The molecule has 0 aliphatic carbocycles. The van der Waals surface area contributed by atoms with Crippen LogP contribution in [0.25, 0.3) is 0 Å². The minimum absolute atomic E-state index is 0.196. The van der Waals surface area contributed by atoms with Crippen LogP contribution in [0.1, 0.15) is 33.6 Å². The molecule has 0 aliphatic heterocycles. The van der Waals surface area contributed by atoms with Gasteiger partial charge in [0.1, 0.15) is 0 Å². The fourth-order valence-electron chi connectivity index (χ4n) is 0.906. The van der Waals surface area contributed by atoms with Crippen molar-refractivity contribution in [2.24, 2.45) is 0 Å². The predicted octanol–water partition coefficient (Wildman–Crippen LogP) is 3.95. The van der Waals surface area contributed by atoms with Gasteiger partial charge >= 0.3 is 0 Å². The molecule has 0 aliphatic rings. The number of alkyl halides is 3.